The van der Waals surface area contributed by atoms with E-state index in [9.17, 15) is 17.2 Å². The Balaban J connectivity index is 2.81. The number of sulfonamides is 1. The molecule has 1 atom stereocenters. The summed E-state index contributed by atoms with van der Waals surface area (Å²) in [6.45, 7) is 0. The monoisotopic (exact) mass is 346 g/mol. The van der Waals surface area contributed by atoms with E-state index in [2.05, 4.69) is 8.16 Å². The van der Waals surface area contributed by atoms with Crippen LogP contribution in [0, 0.1) is 0 Å². The molecule has 0 spiro atoms. The molecule has 9 heteroatoms. The zero-order valence-electron chi connectivity index (χ0n) is 12.2. The van der Waals surface area contributed by atoms with Crippen LogP contribution in [-0.4, -0.2) is 33.0 Å². The van der Waals surface area contributed by atoms with Crippen LogP contribution in [0.15, 0.2) is 45.1 Å². The molecule has 22 heavy (non-hydrogen) atoms. The van der Waals surface area contributed by atoms with Crippen LogP contribution in [0.25, 0.3) is 10.8 Å². The van der Waals surface area contributed by atoms with Crippen molar-refractivity contribution in [2.45, 2.75) is 4.90 Å². The summed E-state index contributed by atoms with van der Waals surface area (Å²) in [5.74, 6) is 0. The Morgan fingerprint density at radius 3 is 2.23 bits per heavy atom. The average Bonchev–Trinajstić information content (AvgIpc) is 2.44. The summed E-state index contributed by atoms with van der Waals surface area (Å²) in [6.07, 6.45) is 0.765. The van der Waals surface area contributed by atoms with Crippen LogP contribution in [0.2, 0.25) is 0 Å². The molecule has 0 aromatic heterocycles. The minimum Gasteiger partial charge on any atom is -0.377 e. The maximum Gasteiger partial charge on any atom is 0.292 e. The van der Waals surface area contributed by atoms with Gasteiger partial charge in [-0.05, 0) is 16.7 Å². The molecular formula is C13H15FN2O4S2. The third-order valence-corrected chi connectivity index (χ3v) is 5.98. The first-order valence-electron chi connectivity index (χ1n) is 6.15. The van der Waals surface area contributed by atoms with Gasteiger partial charge in [-0.1, -0.05) is 32.4 Å². The Morgan fingerprint density at radius 2 is 1.64 bits per heavy atom. The van der Waals surface area contributed by atoms with Crippen molar-refractivity contribution in [3.8, 4) is 0 Å². The Bertz CT molecular complexity index is 932. The summed E-state index contributed by atoms with van der Waals surface area (Å²) in [6, 6.07) is 9.78. The van der Waals surface area contributed by atoms with Gasteiger partial charge in [-0.15, -0.1) is 0 Å². The van der Waals surface area contributed by atoms with E-state index in [1.807, 2.05) is 25.1 Å². The summed E-state index contributed by atoms with van der Waals surface area (Å²) >= 11 is 0. The molecule has 0 aliphatic heterocycles. The highest BCUT2D eigenvalue weighted by atomic mass is 32.3. The van der Waals surface area contributed by atoms with Crippen molar-refractivity contribution in [2.75, 3.05) is 25.3 Å². The first-order valence-corrected chi connectivity index (χ1v) is 9.44. The second-order valence-corrected chi connectivity index (χ2v) is 8.45. The van der Waals surface area contributed by atoms with Crippen LogP contribution in [0.5, 0.6) is 0 Å². The van der Waals surface area contributed by atoms with E-state index in [-0.39, 0.29) is 4.90 Å². The lowest BCUT2D eigenvalue weighted by molar-refractivity contribution is 0.0106. The number of fused-ring (bicyclic) bond motifs is 1. The van der Waals surface area contributed by atoms with E-state index in [0.717, 1.165) is 11.9 Å². The van der Waals surface area contributed by atoms with Crippen LogP contribution in [0.4, 0.5) is 10.2 Å². The highest BCUT2D eigenvalue weighted by Gasteiger charge is 2.20. The first kappa shape index (κ1) is 16.7. The van der Waals surface area contributed by atoms with Gasteiger partial charge in [0.05, 0.1) is 4.90 Å². The molecule has 1 unspecified atom stereocenters. The third-order valence-electron chi connectivity index (χ3n) is 2.97. The van der Waals surface area contributed by atoms with Gasteiger partial charge in [0.25, 0.3) is 10.0 Å². The number of anilines is 1. The van der Waals surface area contributed by atoms with E-state index < -0.39 is 20.0 Å². The molecule has 0 saturated heterocycles. The fourth-order valence-electron chi connectivity index (χ4n) is 2.11. The molecular weight excluding hydrogens is 331 g/mol. The molecule has 2 aromatic carbocycles. The minimum absolute atomic E-state index is 0.152. The Hall–Kier alpha value is -1.71. The van der Waals surface area contributed by atoms with Gasteiger partial charge >= 0.3 is 0 Å². The number of benzene rings is 2. The SMILES string of the molecule is CN(C)c1cccc2c(S(=O)(=O)N=S(C)(=O)OF)cccc12. The quantitative estimate of drug-likeness (QED) is 0.850. The highest BCUT2D eigenvalue weighted by Crippen LogP contribution is 2.31. The van der Waals surface area contributed by atoms with Gasteiger partial charge in [-0.2, -0.15) is 8.42 Å². The number of hydrogen-bond acceptors (Lipinski definition) is 5. The van der Waals surface area contributed by atoms with Crippen LogP contribution in [0.3, 0.4) is 0 Å². The van der Waals surface area contributed by atoms with Gasteiger partial charge in [0, 0.05) is 36.8 Å². The Labute approximate surface area is 128 Å². The van der Waals surface area contributed by atoms with Crippen molar-refractivity contribution < 1.29 is 21.5 Å². The lowest BCUT2D eigenvalue weighted by Gasteiger charge is -2.16. The molecule has 120 valence electrons. The van der Waals surface area contributed by atoms with Crippen LogP contribution < -0.4 is 4.90 Å². The predicted octanol–water partition coefficient (Wildman–Crippen LogP) is 2.51. The molecule has 0 aliphatic rings. The highest BCUT2D eigenvalue weighted by molar-refractivity contribution is 8.00. The van der Waals surface area contributed by atoms with E-state index in [1.54, 1.807) is 24.3 Å². The molecule has 2 rings (SSSR count). The largest absolute Gasteiger partial charge is 0.377 e. The fourth-order valence-corrected chi connectivity index (χ4v) is 4.65. The number of rotatable bonds is 4. The summed E-state index contributed by atoms with van der Waals surface area (Å²) < 4.78 is 54.4. The number of hydrogen-bond donors (Lipinski definition) is 0. The number of nitrogens with zero attached hydrogens (tertiary/aromatic N) is 2. The molecule has 6 nitrogen and oxygen atoms in total. The lowest BCUT2D eigenvalue weighted by atomic mass is 10.1. The van der Waals surface area contributed by atoms with Crippen molar-refractivity contribution in [1.82, 2.24) is 0 Å². The van der Waals surface area contributed by atoms with E-state index in [0.29, 0.717) is 10.8 Å². The average molecular weight is 346 g/mol. The van der Waals surface area contributed by atoms with E-state index in [1.165, 1.54) is 6.07 Å². The minimum atomic E-state index is -4.33. The molecule has 0 saturated carbocycles. The van der Waals surface area contributed by atoms with Crippen molar-refractivity contribution in [3.05, 3.63) is 36.4 Å². The zero-order chi connectivity index (χ0) is 16.5. The first-order chi connectivity index (χ1) is 10.2. The Morgan fingerprint density at radius 1 is 1.05 bits per heavy atom. The maximum absolute atomic E-state index is 12.3. The zero-order valence-corrected chi connectivity index (χ0v) is 13.8. The summed E-state index contributed by atoms with van der Waals surface area (Å²) in [7, 11) is -4.58. The van der Waals surface area contributed by atoms with E-state index >= 15 is 0 Å². The molecule has 0 fully saturated rings. The lowest BCUT2D eigenvalue weighted by Crippen LogP contribution is -2.09. The predicted molar refractivity (Wildman–Crippen MR) is 84.1 cm³/mol. The normalized spacial score (nSPS) is 14.5. The van der Waals surface area contributed by atoms with Gasteiger partial charge in [-0.25, -0.2) is 4.21 Å². The van der Waals surface area contributed by atoms with Gasteiger partial charge < -0.3 is 4.90 Å². The number of halogens is 1. The molecule has 0 radical (unpaired) electrons. The molecule has 0 bridgehead atoms. The van der Waals surface area contributed by atoms with Gasteiger partial charge in [0.2, 0.25) is 10.0 Å². The van der Waals surface area contributed by atoms with Crippen molar-refractivity contribution in [2.24, 2.45) is 3.77 Å². The van der Waals surface area contributed by atoms with E-state index in [4.69, 9.17) is 0 Å². The third kappa shape index (κ3) is 3.21. The molecule has 0 amide bonds. The summed E-state index contributed by atoms with van der Waals surface area (Å²) in [5.41, 5.74) is 0.813. The summed E-state index contributed by atoms with van der Waals surface area (Å²) in [5, 5.41) is 1.10. The molecule has 2 aromatic rings. The van der Waals surface area contributed by atoms with Crippen molar-refractivity contribution in [3.63, 3.8) is 0 Å². The molecule has 0 N–H and O–H groups in total. The molecule has 0 heterocycles. The van der Waals surface area contributed by atoms with Crippen molar-refractivity contribution >= 4 is 36.5 Å². The topological polar surface area (TPSA) is 76.0 Å². The van der Waals surface area contributed by atoms with Crippen LogP contribution in [0.1, 0.15) is 0 Å². The maximum atomic E-state index is 12.3. The standard InChI is InChI=1S/C13H15FN2O4S2/c1-16(2)12-8-4-7-11-10(12)6-5-9-13(11)22(18,19)15-21(3,17)20-14/h4-9H,1-3H3. The molecule has 0 aliphatic carbocycles. The fraction of sp³-hybridized carbons (Fsp3) is 0.231. The van der Waals surface area contributed by atoms with Gasteiger partial charge in [0.1, 0.15) is 0 Å². The van der Waals surface area contributed by atoms with Gasteiger partial charge in [-0.3, -0.25) is 0 Å². The second kappa shape index (κ2) is 5.82. The second-order valence-electron chi connectivity index (χ2n) is 4.87. The van der Waals surface area contributed by atoms with Crippen molar-refractivity contribution in [1.29, 1.82) is 0 Å². The Kier molecular flexibility index (Phi) is 4.41. The smallest absolute Gasteiger partial charge is 0.292 e. The van der Waals surface area contributed by atoms with Crippen LogP contribution in [-0.2, 0) is 24.4 Å². The van der Waals surface area contributed by atoms with Crippen LogP contribution >= 0.6 is 0 Å². The van der Waals surface area contributed by atoms with Gasteiger partial charge in [0.15, 0.2) is 0 Å². The summed E-state index contributed by atoms with van der Waals surface area (Å²) in [4.78, 5) is 1.68.